The highest BCUT2D eigenvalue weighted by atomic mass is 16.5. The number of hydrogen-bond acceptors (Lipinski definition) is 4. The molecule has 138 valence electrons. The topological polar surface area (TPSA) is 75.0 Å². The summed E-state index contributed by atoms with van der Waals surface area (Å²) in [6, 6.07) is 17.0. The van der Waals surface area contributed by atoms with E-state index in [1.807, 2.05) is 36.4 Å². The number of nitriles is 1. The van der Waals surface area contributed by atoms with E-state index >= 15 is 0 Å². The summed E-state index contributed by atoms with van der Waals surface area (Å²) >= 11 is 0. The van der Waals surface area contributed by atoms with Gasteiger partial charge in [-0.25, -0.2) is 0 Å². The molecule has 1 atom stereocenters. The highest BCUT2D eigenvalue weighted by Crippen LogP contribution is 2.43. The first-order chi connectivity index (χ1) is 13.7. The number of carbonyl (C=O) groups excluding carboxylic acids is 1. The van der Waals surface area contributed by atoms with Gasteiger partial charge in [-0.3, -0.25) is 9.78 Å². The molecule has 28 heavy (non-hydrogen) atoms. The summed E-state index contributed by atoms with van der Waals surface area (Å²) in [5.41, 5.74) is 5.15. The third kappa shape index (κ3) is 3.33. The van der Waals surface area contributed by atoms with E-state index < -0.39 is 0 Å². The normalized spacial score (nSPS) is 14.2. The number of aromatic nitrogens is 1. The molecule has 0 saturated carbocycles. The standard InChI is InChI=1S/C23H19N3O2/c1-2-21-20-11-17(6-7-18(20)19-8-9-25-14-22(19)28-21)23(27)26-13-16-5-3-4-15(10-16)12-24/h3-11,14,21H,2,13H2,1H3,(H,26,27). The maximum atomic E-state index is 12.7. The van der Waals surface area contributed by atoms with E-state index in [0.29, 0.717) is 17.7 Å². The zero-order chi connectivity index (χ0) is 19.5. The van der Waals surface area contributed by atoms with Crippen molar-refractivity contribution < 1.29 is 9.53 Å². The van der Waals surface area contributed by atoms with E-state index in [1.165, 1.54) is 0 Å². The number of carbonyl (C=O) groups is 1. The van der Waals surface area contributed by atoms with Crippen LogP contribution in [0.3, 0.4) is 0 Å². The van der Waals surface area contributed by atoms with Gasteiger partial charge in [0.05, 0.1) is 17.8 Å². The Bertz CT molecular complexity index is 1090. The fourth-order valence-electron chi connectivity index (χ4n) is 3.47. The molecule has 5 heteroatoms. The molecule has 1 aliphatic heterocycles. The van der Waals surface area contributed by atoms with Crippen LogP contribution in [0.25, 0.3) is 11.1 Å². The molecule has 1 unspecified atom stereocenters. The van der Waals surface area contributed by atoms with Crippen LogP contribution in [-0.4, -0.2) is 10.9 Å². The van der Waals surface area contributed by atoms with Crippen molar-refractivity contribution >= 4 is 5.91 Å². The molecular formula is C23H19N3O2. The summed E-state index contributed by atoms with van der Waals surface area (Å²) in [5, 5.41) is 11.9. The Hall–Kier alpha value is -3.65. The fourth-order valence-corrected chi connectivity index (χ4v) is 3.47. The Labute approximate surface area is 163 Å². The Kier molecular flexibility index (Phi) is 4.77. The highest BCUT2D eigenvalue weighted by molar-refractivity contribution is 5.95. The summed E-state index contributed by atoms with van der Waals surface area (Å²) < 4.78 is 6.07. The van der Waals surface area contributed by atoms with Gasteiger partial charge in [0.25, 0.3) is 5.91 Å². The smallest absolute Gasteiger partial charge is 0.251 e. The molecular weight excluding hydrogens is 350 g/mol. The Morgan fingerprint density at radius 3 is 2.93 bits per heavy atom. The van der Waals surface area contributed by atoms with E-state index in [-0.39, 0.29) is 12.0 Å². The van der Waals surface area contributed by atoms with Crippen molar-refractivity contribution in [1.82, 2.24) is 10.3 Å². The van der Waals surface area contributed by atoms with E-state index in [1.54, 1.807) is 24.5 Å². The summed E-state index contributed by atoms with van der Waals surface area (Å²) in [6.07, 6.45) is 4.17. The third-order valence-electron chi connectivity index (χ3n) is 4.88. The molecule has 0 fully saturated rings. The lowest BCUT2D eigenvalue weighted by molar-refractivity contribution is 0.0950. The largest absolute Gasteiger partial charge is 0.483 e. The number of amides is 1. The maximum absolute atomic E-state index is 12.7. The Morgan fingerprint density at radius 1 is 1.21 bits per heavy atom. The van der Waals surface area contributed by atoms with Crippen LogP contribution in [0.2, 0.25) is 0 Å². The fraction of sp³-hybridized carbons (Fsp3) is 0.174. The summed E-state index contributed by atoms with van der Waals surface area (Å²) in [7, 11) is 0. The average molecular weight is 369 g/mol. The van der Waals surface area contributed by atoms with Gasteiger partial charge in [-0.15, -0.1) is 0 Å². The molecule has 0 saturated heterocycles. The van der Waals surface area contributed by atoms with E-state index in [0.717, 1.165) is 34.4 Å². The molecule has 0 aliphatic carbocycles. The molecule has 2 aromatic carbocycles. The maximum Gasteiger partial charge on any atom is 0.251 e. The molecule has 5 nitrogen and oxygen atoms in total. The van der Waals surface area contributed by atoms with Crippen molar-refractivity contribution in [3.8, 4) is 22.9 Å². The average Bonchev–Trinajstić information content (AvgIpc) is 2.76. The van der Waals surface area contributed by atoms with Gasteiger partial charge in [0, 0.05) is 29.4 Å². The second-order valence-electron chi connectivity index (χ2n) is 6.68. The van der Waals surface area contributed by atoms with Crippen LogP contribution >= 0.6 is 0 Å². The molecule has 2 heterocycles. The van der Waals surface area contributed by atoms with E-state index in [4.69, 9.17) is 10.00 Å². The number of nitrogens with one attached hydrogen (secondary N) is 1. The minimum atomic E-state index is -0.152. The number of ether oxygens (including phenoxy) is 1. The number of benzene rings is 2. The predicted octanol–water partition coefficient (Wildman–Crippen LogP) is 4.39. The predicted molar refractivity (Wildman–Crippen MR) is 106 cm³/mol. The second kappa shape index (κ2) is 7.53. The van der Waals surface area contributed by atoms with Crippen LogP contribution in [0.5, 0.6) is 5.75 Å². The number of rotatable bonds is 4. The van der Waals surface area contributed by atoms with Crippen molar-refractivity contribution in [2.24, 2.45) is 0 Å². The zero-order valence-corrected chi connectivity index (χ0v) is 15.5. The lowest BCUT2D eigenvalue weighted by Crippen LogP contribution is -2.23. The number of fused-ring (bicyclic) bond motifs is 3. The molecule has 0 bridgehead atoms. The number of hydrogen-bond donors (Lipinski definition) is 1. The van der Waals surface area contributed by atoms with Crippen molar-refractivity contribution in [3.63, 3.8) is 0 Å². The quantitative estimate of drug-likeness (QED) is 0.740. The molecule has 1 aromatic heterocycles. The van der Waals surface area contributed by atoms with Crippen LogP contribution < -0.4 is 10.1 Å². The van der Waals surface area contributed by atoms with E-state index in [2.05, 4.69) is 23.3 Å². The minimum Gasteiger partial charge on any atom is -0.483 e. The summed E-state index contributed by atoms with van der Waals surface area (Å²) in [6.45, 7) is 2.43. The van der Waals surface area contributed by atoms with Crippen molar-refractivity contribution in [2.45, 2.75) is 26.0 Å². The van der Waals surface area contributed by atoms with Crippen LogP contribution in [0, 0.1) is 11.3 Å². The Morgan fingerprint density at radius 2 is 2.11 bits per heavy atom. The molecule has 1 aliphatic rings. The summed E-state index contributed by atoms with van der Waals surface area (Å²) in [5.74, 6) is 0.622. The molecule has 3 aromatic rings. The van der Waals surface area contributed by atoms with Gasteiger partial charge in [-0.2, -0.15) is 5.26 Å². The highest BCUT2D eigenvalue weighted by Gasteiger charge is 2.25. The lowest BCUT2D eigenvalue weighted by Gasteiger charge is -2.28. The van der Waals surface area contributed by atoms with Crippen molar-refractivity contribution in [1.29, 1.82) is 5.26 Å². The monoisotopic (exact) mass is 369 g/mol. The van der Waals surface area contributed by atoms with Gasteiger partial charge in [-0.1, -0.05) is 25.1 Å². The number of nitrogens with zero attached hydrogens (tertiary/aromatic N) is 2. The van der Waals surface area contributed by atoms with Gasteiger partial charge >= 0.3 is 0 Å². The molecule has 1 amide bonds. The second-order valence-corrected chi connectivity index (χ2v) is 6.68. The summed E-state index contributed by atoms with van der Waals surface area (Å²) in [4.78, 5) is 16.8. The van der Waals surface area contributed by atoms with Crippen LogP contribution in [0.1, 0.15) is 46.5 Å². The number of pyridine rings is 1. The third-order valence-corrected chi connectivity index (χ3v) is 4.88. The minimum absolute atomic E-state index is 0.105. The van der Waals surface area contributed by atoms with Gasteiger partial charge in [0.15, 0.2) is 0 Å². The molecule has 0 radical (unpaired) electrons. The first-order valence-electron chi connectivity index (χ1n) is 9.22. The van der Waals surface area contributed by atoms with Crippen molar-refractivity contribution in [2.75, 3.05) is 0 Å². The first-order valence-corrected chi connectivity index (χ1v) is 9.22. The van der Waals surface area contributed by atoms with Gasteiger partial charge in [0.2, 0.25) is 0 Å². The van der Waals surface area contributed by atoms with Crippen LogP contribution in [-0.2, 0) is 6.54 Å². The lowest BCUT2D eigenvalue weighted by atomic mass is 9.91. The Balaban J connectivity index is 1.58. The molecule has 4 rings (SSSR count). The van der Waals surface area contributed by atoms with Gasteiger partial charge < -0.3 is 10.1 Å². The molecule has 1 N–H and O–H groups in total. The van der Waals surface area contributed by atoms with Gasteiger partial charge in [-0.05, 0) is 47.9 Å². The van der Waals surface area contributed by atoms with Crippen molar-refractivity contribution in [3.05, 3.63) is 83.2 Å². The SMILES string of the molecule is CCC1Oc2cnccc2-c2ccc(C(=O)NCc3cccc(C#N)c3)cc21. The van der Waals surface area contributed by atoms with Crippen LogP contribution in [0.4, 0.5) is 0 Å². The van der Waals surface area contributed by atoms with E-state index in [9.17, 15) is 4.79 Å². The zero-order valence-electron chi connectivity index (χ0n) is 15.5. The van der Waals surface area contributed by atoms with Crippen LogP contribution in [0.15, 0.2) is 60.9 Å². The first kappa shape index (κ1) is 17.7. The molecule has 0 spiro atoms. The van der Waals surface area contributed by atoms with Gasteiger partial charge in [0.1, 0.15) is 11.9 Å².